The molecule has 1 saturated heterocycles. The van der Waals surface area contributed by atoms with E-state index in [1.807, 2.05) is 6.92 Å². The Hall–Kier alpha value is -0.520. The molecule has 1 fully saturated rings. The smallest absolute Gasteiger partial charge is 0.0769 e. The number of aryl methyl sites for hydroxylation is 1. The molecule has 5 heteroatoms. The Bertz CT molecular complexity index is 346. The van der Waals surface area contributed by atoms with E-state index in [1.165, 1.54) is 42.3 Å². The molecule has 0 N–H and O–H groups in total. The van der Waals surface area contributed by atoms with Gasteiger partial charge in [-0.1, -0.05) is 4.49 Å². The summed E-state index contributed by atoms with van der Waals surface area (Å²) in [5.74, 6) is 0. The van der Waals surface area contributed by atoms with Gasteiger partial charge in [0.15, 0.2) is 0 Å². The molecule has 0 aromatic carbocycles. The van der Waals surface area contributed by atoms with Crippen LogP contribution in [0, 0.1) is 6.92 Å². The average molecular weight is 254 g/mol. The van der Waals surface area contributed by atoms with Crippen LogP contribution in [0.1, 0.15) is 30.3 Å². The molecule has 96 valence electrons. The minimum Gasteiger partial charge on any atom is -0.300 e. The van der Waals surface area contributed by atoms with Gasteiger partial charge in [-0.3, -0.25) is 9.80 Å². The van der Waals surface area contributed by atoms with Crippen molar-refractivity contribution < 1.29 is 0 Å². The molecule has 1 atom stereocenters. The lowest BCUT2D eigenvalue weighted by molar-refractivity contribution is 0.189. The number of likely N-dealkylation sites (tertiary alicyclic amines) is 1. The fourth-order valence-corrected chi connectivity index (χ4v) is 3.17. The van der Waals surface area contributed by atoms with Crippen LogP contribution >= 0.6 is 11.5 Å². The summed E-state index contributed by atoms with van der Waals surface area (Å²) in [6.45, 7) is 9.02. The largest absolute Gasteiger partial charge is 0.300 e. The maximum Gasteiger partial charge on any atom is 0.0769 e. The molecule has 0 spiro atoms. The zero-order chi connectivity index (χ0) is 12.3. The maximum absolute atomic E-state index is 4.06. The van der Waals surface area contributed by atoms with Crippen LogP contribution in [0.25, 0.3) is 0 Å². The van der Waals surface area contributed by atoms with Gasteiger partial charge in [-0.25, -0.2) is 0 Å². The molecule has 2 rings (SSSR count). The summed E-state index contributed by atoms with van der Waals surface area (Å²) in [6.07, 6.45) is 2.73. The van der Waals surface area contributed by atoms with Gasteiger partial charge in [0.1, 0.15) is 0 Å². The Morgan fingerprint density at radius 3 is 2.71 bits per heavy atom. The molecule has 1 aromatic heterocycles. The molecule has 1 aromatic rings. The minimum atomic E-state index is 0.656. The minimum absolute atomic E-state index is 0.656. The van der Waals surface area contributed by atoms with E-state index in [0.29, 0.717) is 6.04 Å². The van der Waals surface area contributed by atoms with Crippen LogP contribution in [0.15, 0.2) is 0 Å². The molecule has 2 heterocycles. The predicted molar refractivity (Wildman–Crippen MR) is 71.2 cm³/mol. The van der Waals surface area contributed by atoms with E-state index in [4.69, 9.17) is 0 Å². The highest BCUT2D eigenvalue weighted by Crippen LogP contribution is 2.15. The van der Waals surface area contributed by atoms with Crippen molar-refractivity contribution in [2.45, 2.75) is 39.3 Å². The maximum atomic E-state index is 4.06. The van der Waals surface area contributed by atoms with E-state index in [9.17, 15) is 0 Å². The van der Waals surface area contributed by atoms with Crippen LogP contribution in [0.2, 0.25) is 0 Å². The molecule has 1 unspecified atom stereocenters. The van der Waals surface area contributed by atoms with Crippen LogP contribution < -0.4 is 0 Å². The first-order valence-electron chi connectivity index (χ1n) is 6.37. The highest BCUT2D eigenvalue weighted by atomic mass is 32.1. The quantitative estimate of drug-likeness (QED) is 0.801. The van der Waals surface area contributed by atoms with Gasteiger partial charge in [0.25, 0.3) is 0 Å². The van der Waals surface area contributed by atoms with Crippen LogP contribution in [0.5, 0.6) is 0 Å². The van der Waals surface area contributed by atoms with E-state index < -0.39 is 0 Å². The molecule has 4 nitrogen and oxygen atoms in total. The summed E-state index contributed by atoms with van der Waals surface area (Å²) in [5, 5.41) is 4.06. The zero-order valence-electron chi connectivity index (χ0n) is 11.0. The van der Waals surface area contributed by atoms with E-state index in [0.717, 1.165) is 18.8 Å². The number of nitrogens with zero attached hydrogens (tertiary/aromatic N) is 4. The molecule has 17 heavy (non-hydrogen) atoms. The van der Waals surface area contributed by atoms with Crippen molar-refractivity contribution in [3.05, 3.63) is 10.6 Å². The van der Waals surface area contributed by atoms with Crippen molar-refractivity contribution in [3.8, 4) is 0 Å². The molecule has 0 aliphatic carbocycles. The molecule has 0 amide bonds. The van der Waals surface area contributed by atoms with Gasteiger partial charge in [-0.05, 0) is 58.4 Å². The Labute approximate surface area is 108 Å². The van der Waals surface area contributed by atoms with Crippen molar-refractivity contribution >= 4 is 11.5 Å². The van der Waals surface area contributed by atoms with E-state index in [2.05, 4.69) is 33.4 Å². The monoisotopic (exact) mass is 254 g/mol. The molecular formula is C12H22N4S. The van der Waals surface area contributed by atoms with Crippen LogP contribution in [0.4, 0.5) is 0 Å². The molecule has 1 aliphatic rings. The Morgan fingerprint density at radius 1 is 1.41 bits per heavy atom. The van der Waals surface area contributed by atoms with Crippen molar-refractivity contribution in [2.75, 3.05) is 26.7 Å². The van der Waals surface area contributed by atoms with E-state index in [1.54, 1.807) is 0 Å². The summed E-state index contributed by atoms with van der Waals surface area (Å²) in [5.41, 5.74) is 1.08. The van der Waals surface area contributed by atoms with Gasteiger partial charge < -0.3 is 0 Å². The molecule has 0 radical (unpaired) electrons. The summed E-state index contributed by atoms with van der Waals surface area (Å²) < 4.78 is 3.99. The van der Waals surface area contributed by atoms with Crippen molar-refractivity contribution in [2.24, 2.45) is 0 Å². The van der Waals surface area contributed by atoms with Crippen LogP contribution in [-0.2, 0) is 6.54 Å². The van der Waals surface area contributed by atoms with Crippen LogP contribution in [0.3, 0.4) is 0 Å². The lowest BCUT2D eigenvalue weighted by Crippen LogP contribution is -2.39. The Balaban J connectivity index is 1.80. The third-order valence-corrected chi connectivity index (χ3v) is 4.31. The fourth-order valence-electron chi connectivity index (χ4n) is 2.45. The van der Waals surface area contributed by atoms with Gasteiger partial charge in [-0.15, -0.1) is 5.10 Å². The number of hydrogen-bond donors (Lipinski definition) is 0. The first-order chi connectivity index (χ1) is 8.16. The first kappa shape index (κ1) is 12.9. The third-order valence-electron chi connectivity index (χ3n) is 3.50. The van der Waals surface area contributed by atoms with E-state index >= 15 is 0 Å². The second kappa shape index (κ2) is 5.89. The number of hydrogen-bond acceptors (Lipinski definition) is 5. The standard InChI is InChI=1S/C12H22N4S/c1-10(16-6-4-5-7-16)8-15(3)9-12-11(2)13-14-17-12/h10H,4-9H2,1-3H3. The lowest BCUT2D eigenvalue weighted by atomic mass is 10.2. The van der Waals surface area contributed by atoms with Crippen molar-refractivity contribution in [1.82, 2.24) is 19.4 Å². The summed E-state index contributed by atoms with van der Waals surface area (Å²) >= 11 is 1.52. The summed E-state index contributed by atoms with van der Waals surface area (Å²) in [6, 6.07) is 0.656. The topological polar surface area (TPSA) is 32.3 Å². The van der Waals surface area contributed by atoms with Gasteiger partial charge in [0.05, 0.1) is 10.6 Å². The molecule has 1 aliphatic heterocycles. The van der Waals surface area contributed by atoms with Crippen molar-refractivity contribution in [1.29, 1.82) is 0 Å². The number of rotatable bonds is 5. The average Bonchev–Trinajstić information content (AvgIpc) is 2.90. The summed E-state index contributed by atoms with van der Waals surface area (Å²) in [7, 11) is 2.19. The van der Waals surface area contributed by atoms with E-state index in [-0.39, 0.29) is 0 Å². The molecule has 0 saturated carbocycles. The number of likely N-dealkylation sites (N-methyl/N-ethyl adjacent to an activating group) is 1. The SMILES string of the molecule is Cc1nnsc1CN(C)CC(C)N1CCCC1. The first-order valence-corrected chi connectivity index (χ1v) is 7.14. The normalized spacial score (nSPS) is 19.1. The van der Waals surface area contributed by atoms with Gasteiger partial charge in [-0.2, -0.15) is 0 Å². The highest BCUT2D eigenvalue weighted by molar-refractivity contribution is 7.05. The fraction of sp³-hybridized carbons (Fsp3) is 0.833. The van der Waals surface area contributed by atoms with Gasteiger partial charge in [0, 0.05) is 19.1 Å². The van der Waals surface area contributed by atoms with Gasteiger partial charge >= 0.3 is 0 Å². The van der Waals surface area contributed by atoms with Crippen LogP contribution in [-0.4, -0.2) is 52.1 Å². The number of aromatic nitrogens is 2. The summed E-state index contributed by atoms with van der Waals surface area (Å²) in [4.78, 5) is 6.26. The predicted octanol–water partition coefficient (Wildman–Crippen LogP) is 1.76. The van der Waals surface area contributed by atoms with Gasteiger partial charge in [0.2, 0.25) is 0 Å². The third kappa shape index (κ3) is 3.47. The second-order valence-corrected chi connectivity index (χ2v) is 5.91. The van der Waals surface area contributed by atoms with Crippen molar-refractivity contribution in [3.63, 3.8) is 0 Å². The lowest BCUT2D eigenvalue weighted by Gasteiger charge is -2.28. The zero-order valence-corrected chi connectivity index (χ0v) is 11.8. The highest BCUT2D eigenvalue weighted by Gasteiger charge is 2.19. The second-order valence-electron chi connectivity index (χ2n) is 5.07. The Morgan fingerprint density at radius 2 is 2.12 bits per heavy atom. The molecular weight excluding hydrogens is 232 g/mol. The Kier molecular flexibility index (Phi) is 4.48. The molecule has 0 bridgehead atoms.